The molecule has 0 saturated carbocycles. The van der Waals surface area contributed by atoms with Gasteiger partial charge in [0.1, 0.15) is 0 Å². The Morgan fingerprint density at radius 2 is 1.17 bits per heavy atom. The highest BCUT2D eigenvalue weighted by atomic mass is 32.1. The lowest BCUT2D eigenvalue weighted by atomic mass is 9.89. The van der Waals surface area contributed by atoms with Crippen molar-refractivity contribution >= 4 is 26.1 Å². The van der Waals surface area contributed by atoms with Crippen molar-refractivity contribution in [3.05, 3.63) is 113 Å². The second-order valence-corrected chi connectivity index (χ2v) is 19.2. The third-order valence-corrected chi connectivity index (χ3v) is 17.6. The van der Waals surface area contributed by atoms with Crippen molar-refractivity contribution in [3.8, 4) is 11.1 Å². The fourth-order valence-corrected chi connectivity index (χ4v) is 15.7. The Balaban J connectivity index is 1.84. The van der Waals surface area contributed by atoms with Crippen LogP contribution in [0, 0.1) is 12.6 Å². The van der Waals surface area contributed by atoms with E-state index in [2.05, 4.69) is 146 Å². The summed E-state index contributed by atoms with van der Waals surface area (Å²) in [6.45, 7) is 19.4. The molecular formula is C34H41P2. The molecule has 0 bridgehead atoms. The third-order valence-electron chi connectivity index (χ3n) is 6.72. The zero-order valence-electron chi connectivity index (χ0n) is 23.3. The summed E-state index contributed by atoms with van der Waals surface area (Å²) in [5.74, 6) is 0. The van der Waals surface area contributed by atoms with E-state index in [1.807, 2.05) is 0 Å². The lowest BCUT2D eigenvalue weighted by molar-refractivity contribution is 0.776. The first kappa shape index (κ1) is 27.0. The summed E-state index contributed by atoms with van der Waals surface area (Å²) in [5, 5.41) is 1.92. The summed E-state index contributed by atoms with van der Waals surface area (Å²) >= 11 is 0. The van der Waals surface area contributed by atoms with Crippen LogP contribution in [-0.2, 0) is 0 Å². The average Bonchev–Trinajstić information content (AvgIpc) is 2.82. The molecule has 4 rings (SSSR count). The van der Waals surface area contributed by atoms with Gasteiger partial charge < -0.3 is 0 Å². The smallest absolute Gasteiger partial charge is 0.0387 e. The van der Waals surface area contributed by atoms with Gasteiger partial charge in [0.15, 0.2) is 0 Å². The highest BCUT2D eigenvalue weighted by Gasteiger charge is 2.45. The molecule has 187 valence electrons. The molecule has 1 aliphatic rings. The second kappa shape index (κ2) is 10.8. The largest absolute Gasteiger partial charge is 0.0830 e. The predicted molar refractivity (Wildman–Crippen MR) is 166 cm³/mol. The number of benzene rings is 3. The van der Waals surface area contributed by atoms with Crippen molar-refractivity contribution in [2.45, 2.75) is 72.1 Å². The van der Waals surface area contributed by atoms with Gasteiger partial charge >= 0.3 is 0 Å². The van der Waals surface area contributed by atoms with Crippen molar-refractivity contribution in [1.82, 2.24) is 0 Å². The molecule has 0 fully saturated rings. The number of rotatable bonds is 5. The molecule has 1 radical (unpaired) electrons. The minimum Gasteiger partial charge on any atom is -0.0830 e. The van der Waals surface area contributed by atoms with Crippen LogP contribution in [0.15, 0.2) is 96.6 Å². The zero-order chi connectivity index (χ0) is 26.1. The van der Waals surface area contributed by atoms with Crippen LogP contribution in [0.4, 0.5) is 0 Å². The Kier molecular flexibility index (Phi) is 8.10. The minimum absolute atomic E-state index is 0.196. The van der Waals surface area contributed by atoms with Gasteiger partial charge in [0.25, 0.3) is 0 Å². The van der Waals surface area contributed by atoms with Crippen LogP contribution in [0.5, 0.6) is 0 Å². The van der Waals surface area contributed by atoms with Gasteiger partial charge in [0.05, 0.1) is 0 Å². The SMILES string of the molecule is CC1=C(c2ccccc2C)[C]([P@]([P@@](c2ccc(-c3ccccc3)cc2)C(C)(C)C)C(C)(C)C)CC=C1. The summed E-state index contributed by atoms with van der Waals surface area (Å²) in [6, 6.07) is 29.3. The van der Waals surface area contributed by atoms with Gasteiger partial charge in [-0.05, 0) is 76.9 Å². The number of hydrogen-bond donors (Lipinski definition) is 0. The van der Waals surface area contributed by atoms with Gasteiger partial charge in [-0.15, -0.1) is 0 Å². The van der Waals surface area contributed by atoms with Crippen molar-refractivity contribution in [2.24, 2.45) is 0 Å². The number of aryl methyl sites for hydroxylation is 1. The summed E-state index contributed by atoms with van der Waals surface area (Å²) in [5.41, 5.74) is 9.97. The van der Waals surface area contributed by atoms with E-state index in [1.54, 1.807) is 5.66 Å². The van der Waals surface area contributed by atoms with E-state index in [0.717, 1.165) is 6.42 Å². The summed E-state index contributed by atoms with van der Waals surface area (Å²) in [7, 11) is -0.880. The van der Waals surface area contributed by atoms with Gasteiger partial charge in [-0.2, -0.15) is 0 Å². The maximum absolute atomic E-state index is 2.48. The summed E-state index contributed by atoms with van der Waals surface area (Å²) in [6.07, 6.45) is 5.80. The Bertz CT molecular complexity index is 1230. The van der Waals surface area contributed by atoms with E-state index in [1.165, 1.54) is 38.7 Å². The zero-order valence-corrected chi connectivity index (χ0v) is 25.1. The monoisotopic (exact) mass is 511 g/mol. The molecule has 0 amide bonds. The van der Waals surface area contributed by atoms with E-state index in [4.69, 9.17) is 0 Å². The van der Waals surface area contributed by atoms with Crippen molar-refractivity contribution in [1.29, 1.82) is 0 Å². The van der Waals surface area contributed by atoms with E-state index in [-0.39, 0.29) is 10.3 Å². The molecule has 0 aromatic heterocycles. The number of hydrogen-bond acceptors (Lipinski definition) is 0. The van der Waals surface area contributed by atoms with Crippen molar-refractivity contribution in [3.63, 3.8) is 0 Å². The van der Waals surface area contributed by atoms with E-state index < -0.39 is 15.2 Å². The number of allylic oxidation sites excluding steroid dienone is 4. The molecule has 0 N–H and O–H groups in total. The predicted octanol–water partition coefficient (Wildman–Crippen LogP) is 10.7. The molecule has 0 spiro atoms. The van der Waals surface area contributed by atoms with Crippen LogP contribution < -0.4 is 5.30 Å². The van der Waals surface area contributed by atoms with Crippen LogP contribution >= 0.6 is 15.2 Å². The maximum Gasteiger partial charge on any atom is 0.0387 e. The fourth-order valence-electron chi connectivity index (χ4n) is 5.23. The van der Waals surface area contributed by atoms with Crippen molar-refractivity contribution < 1.29 is 0 Å². The van der Waals surface area contributed by atoms with E-state index in [9.17, 15) is 0 Å². The highest BCUT2D eigenvalue weighted by Crippen LogP contribution is 2.85. The molecule has 1 aliphatic carbocycles. The van der Waals surface area contributed by atoms with Gasteiger partial charge in [-0.3, -0.25) is 0 Å². The van der Waals surface area contributed by atoms with Gasteiger partial charge in [-0.1, -0.05) is 140 Å². The average molecular weight is 512 g/mol. The van der Waals surface area contributed by atoms with E-state index in [0.29, 0.717) is 0 Å². The normalized spacial score (nSPS) is 16.8. The molecule has 2 atom stereocenters. The van der Waals surface area contributed by atoms with Gasteiger partial charge in [0, 0.05) is 5.66 Å². The van der Waals surface area contributed by atoms with Gasteiger partial charge in [0.2, 0.25) is 0 Å². The molecule has 0 nitrogen and oxygen atoms in total. The van der Waals surface area contributed by atoms with E-state index >= 15 is 0 Å². The topological polar surface area (TPSA) is 0 Å². The molecule has 3 aromatic rings. The Hall–Kier alpha value is -2.00. The quantitative estimate of drug-likeness (QED) is 0.299. The molecule has 3 aromatic carbocycles. The summed E-state index contributed by atoms with van der Waals surface area (Å²) < 4.78 is 0. The van der Waals surface area contributed by atoms with Crippen LogP contribution in [0.1, 0.15) is 66.0 Å². The summed E-state index contributed by atoms with van der Waals surface area (Å²) in [4.78, 5) is 0. The van der Waals surface area contributed by atoms with Crippen LogP contribution in [0.3, 0.4) is 0 Å². The Morgan fingerprint density at radius 3 is 1.75 bits per heavy atom. The Morgan fingerprint density at radius 1 is 0.611 bits per heavy atom. The van der Waals surface area contributed by atoms with Crippen LogP contribution in [-0.4, -0.2) is 10.3 Å². The second-order valence-electron chi connectivity index (χ2n) is 11.8. The first-order valence-corrected chi connectivity index (χ1v) is 16.4. The molecule has 2 heteroatoms. The minimum atomic E-state index is -0.441. The molecule has 0 aliphatic heterocycles. The van der Waals surface area contributed by atoms with Crippen LogP contribution in [0.25, 0.3) is 16.7 Å². The maximum atomic E-state index is 2.48. The van der Waals surface area contributed by atoms with Gasteiger partial charge in [-0.25, -0.2) is 0 Å². The lowest BCUT2D eigenvalue weighted by Gasteiger charge is -2.49. The fraction of sp³-hybridized carbons (Fsp3) is 0.324. The third kappa shape index (κ3) is 5.77. The van der Waals surface area contributed by atoms with Crippen molar-refractivity contribution in [2.75, 3.05) is 0 Å². The first-order valence-electron chi connectivity index (χ1n) is 13.0. The molecule has 36 heavy (non-hydrogen) atoms. The molecular weight excluding hydrogens is 470 g/mol. The standard InChI is InChI=1S/C34H41P2/c1-25-15-12-13-19-30(25)32-26(2)16-14-20-31(32)36(34(6,7)8)35(33(3,4)5)29-23-21-28(22-24-29)27-17-10-9-11-18-27/h9-19,21-24H,20H2,1-8H3/t35-,36-/m0/s1. The molecule has 0 heterocycles. The first-order chi connectivity index (χ1) is 17.0. The Labute approximate surface area is 222 Å². The van der Waals surface area contributed by atoms with Crippen LogP contribution in [0.2, 0.25) is 0 Å². The molecule has 0 saturated heterocycles. The lowest BCUT2D eigenvalue weighted by Crippen LogP contribution is -2.26. The molecule has 0 unspecified atom stereocenters. The highest BCUT2D eigenvalue weighted by molar-refractivity contribution is 8.35.